The van der Waals surface area contributed by atoms with Gasteiger partial charge in [-0.05, 0) is 18.5 Å². The van der Waals surface area contributed by atoms with E-state index in [2.05, 4.69) is 14.6 Å². The summed E-state index contributed by atoms with van der Waals surface area (Å²) in [6.45, 7) is 3.99. The van der Waals surface area contributed by atoms with Gasteiger partial charge >= 0.3 is 0 Å². The Kier molecular flexibility index (Phi) is 2.59. The number of aromatic nitrogens is 4. The topological polar surface area (TPSA) is 60.7 Å². The second kappa shape index (κ2) is 3.90. The number of carbonyl (C=O) groups excluding carboxylic acids is 1. The van der Waals surface area contributed by atoms with Crippen LogP contribution in [0.1, 0.15) is 28.9 Å². The molecule has 0 spiro atoms. The smallest absolute Gasteiger partial charge is 0.179 e. The van der Waals surface area contributed by atoms with Gasteiger partial charge in [-0.1, -0.05) is 4.49 Å². The van der Waals surface area contributed by atoms with E-state index >= 15 is 0 Å². The van der Waals surface area contributed by atoms with Gasteiger partial charge in [-0.2, -0.15) is 0 Å². The zero-order valence-corrected chi connectivity index (χ0v) is 9.28. The van der Waals surface area contributed by atoms with Crippen molar-refractivity contribution in [2.24, 2.45) is 0 Å². The first kappa shape index (κ1) is 9.97. The van der Waals surface area contributed by atoms with Crippen LogP contribution >= 0.6 is 11.5 Å². The monoisotopic (exact) mass is 222 g/mol. The highest BCUT2D eigenvalue weighted by atomic mass is 32.1. The number of Topliss-reactive ketones (excluding diaryl/α,β-unsaturated/α-hetero) is 1. The Hall–Kier alpha value is -1.56. The van der Waals surface area contributed by atoms with Crippen molar-refractivity contribution in [1.29, 1.82) is 0 Å². The summed E-state index contributed by atoms with van der Waals surface area (Å²) < 4.78 is 5.68. The van der Waals surface area contributed by atoms with Gasteiger partial charge in [0.05, 0.1) is 12.2 Å². The van der Waals surface area contributed by atoms with Crippen molar-refractivity contribution in [2.75, 3.05) is 0 Å². The van der Waals surface area contributed by atoms with Crippen molar-refractivity contribution in [2.45, 2.75) is 20.4 Å². The Labute approximate surface area is 90.9 Å². The molecule has 0 atom stereocenters. The van der Waals surface area contributed by atoms with Crippen LogP contribution in [0.2, 0.25) is 0 Å². The van der Waals surface area contributed by atoms with Gasteiger partial charge in [-0.3, -0.25) is 4.79 Å². The molecule has 0 N–H and O–H groups in total. The van der Waals surface area contributed by atoms with Crippen LogP contribution in [0.3, 0.4) is 0 Å². The fourth-order valence-corrected chi connectivity index (χ4v) is 1.71. The predicted octanol–water partition coefficient (Wildman–Crippen LogP) is 1.29. The van der Waals surface area contributed by atoms with E-state index in [0.717, 1.165) is 11.5 Å². The minimum atomic E-state index is -0.0201. The van der Waals surface area contributed by atoms with Crippen molar-refractivity contribution >= 4 is 17.3 Å². The van der Waals surface area contributed by atoms with Crippen LogP contribution in [-0.4, -0.2) is 24.9 Å². The Morgan fingerprint density at radius 3 is 2.93 bits per heavy atom. The standard InChI is InChI=1S/C9H10N4OS/c1-6(14)9-4-13(7(2)10-9)3-8-5-15-12-11-8/h4-5H,3H2,1-2H3. The number of hydrogen-bond donors (Lipinski definition) is 0. The number of carbonyl (C=O) groups is 1. The Bertz CT molecular complexity index is 474. The highest BCUT2D eigenvalue weighted by molar-refractivity contribution is 7.03. The number of imidazole rings is 1. The van der Waals surface area contributed by atoms with Gasteiger partial charge in [0, 0.05) is 18.5 Å². The molecule has 0 unspecified atom stereocenters. The third kappa shape index (κ3) is 2.10. The molecule has 0 saturated heterocycles. The summed E-state index contributed by atoms with van der Waals surface area (Å²) in [6.07, 6.45) is 1.75. The lowest BCUT2D eigenvalue weighted by molar-refractivity contribution is 0.101. The quantitative estimate of drug-likeness (QED) is 0.734. The third-order valence-electron chi connectivity index (χ3n) is 2.07. The van der Waals surface area contributed by atoms with Crippen LogP contribution in [0.5, 0.6) is 0 Å². The highest BCUT2D eigenvalue weighted by Crippen LogP contribution is 2.07. The van der Waals surface area contributed by atoms with E-state index in [1.54, 1.807) is 6.20 Å². The second-order valence-electron chi connectivity index (χ2n) is 3.25. The maximum atomic E-state index is 11.1. The fourth-order valence-electron chi connectivity index (χ4n) is 1.27. The van der Waals surface area contributed by atoms with E-state index in [0.29, 0.717) is 12.2 Å². The molecule has 0 aromatic carbocycles. The number of rotatable bonds is 3. The molecule has 5 nitrogen and oxygen atoms in total. The lowest BCUT2D eigenvalue weighted by Crippen LogP contribution is -2.00. The first-order chi connectivity index (χ1) is 7.16. The number of aryl methyl sites for hydroxylation is 1. The van der Waals surface area contributed by atoms with E-state index < -0.39 is 0 Å². The van der Waals surface area contributed by atoms with Crippen molar-refractivity contribution in [3.8, 4) is 0 Å². The molecule has 0 aliphatic rings. The molecule has 78 valence electrons. The molecule has 0 saturated carbocycles. The first-order valence-corrected chi connectivity index (χ1v) is 5.31. The van der Waals surface area contributed by atoms with Gasteiger partial charge in [-0.15, -0.1) is 5.10 Å². The normalized spacial score (nSPS) is 10.5. The second-order valence-corrected chi connectivity index (χ2v) is 3.86. The SMILES string of the molecule is CC(=O)c1cn(Cc2csnn2)c(C)n1. The zero-order valence-electron chi connectivity index (χ0n) is 8.47. The van der Waals surface area contributed by atoms with Crippen molar-refractivity contribution in [1.82, 2.24) is 19.1 Å². The van der Waals surface area contributed by atoms with Crippen LogP contribution in [-0.2, 0) is 6.54 Å². The maximum Gasteiger partial charge on any atom is 0.179 e. The summed E-state index contributed by atoms with van der Waals surface area (Å²) in [6, 6.07) is 0. The van der Waals surface area contributed by atoms with Crippen molar-refractivity contribution in [3.05, 3.63) is 28.8 Å². The largest absolute Gasteiger partial charge is 0.328 e. The lowest BCUT2D eigenvalue weighted by atomic mass is 10.3. The van der Waals surface area contributed by atoms with E-state index in [4.69, 9.17) is 0 Å². The molecule has 0 radical (unpaired) electrons. The number of hydrogen-bond acceptors (Lipinski definition) is 5. The number of ketones is 1. The van der Waals surface area contributed by atoms with Gasteiger partial charge in [0.25, 0.3) is 0 Å². The number of nitrogens with zero attached hydrogens (tertiary/aromatic N) is 4. The third-order valence-corrected chi connectivity index (χ3v) is 2.63. The van der Waals surface area contributed by atoms with Gasteiger partial charge < -0.3 is 4.57 Å². The van der Waals surface area contributed by atoms with E-state index in [9.17, 15) is 4.79 Å². The highest BCUT2D eigenvalue weighted by Gasteiger charge is 2.08. The molecule has 6 heteroatoms. The van der Waals surface area contributed by atoms with E-state index in [1.165, 1.54) is 18.5 Å². The molecule has 2 heterocycles. The Morgan fingerprint density at radius 1 is 1.60 bits per heavy atom. The predicted molar refractivity (Wildman–Crippen MR) is 56.0 cm³/mol. The summed E-state index contributed by atoms with van der Waals surface area (Å²) in [4.78, 5) is 15.3. The maximum absolute atomic E-state index is 11.1. The van der Waals surface area contributed by atoms with Gasteiger partial charge in [0.2, 0.25) is 0 Å². The molecular formula is C9H10N4OS. The van der Waals surface area contributed by atoms with Crippen LogP contribution in [0, 0.1) is 6.92 Å². The van der Waals surface area contributed by atoms with Crippen LogP contribution in [0.25, 0.3) is 0 Å². The molecule has 2 rings (SSSR count). The van der Waals surface area contributed by atoms with Crippen LogP contribution < -0.4 is 0 Å². The minimum absolute atomic E-state index is 0.0201. The average molecular weight is 222 g/mol. The van der Waals surface area contributed by atoms with Gasteiger partial charge in [0.15, 0.2) is 5.78 Å². The molecule has 0 amide bonds. The van der Waals surface area contributed by atoms with E-state index in [-0.39, 0.29) is 5.78 Å². The zero-order chi connectivity index (χ0) is 10.8. The summed E-state index contributed by atoms with van der Waals surface area (Å²) in [5, 5.41) is 5.82. The minimum Gasteiger partial charge on any atom is -0.328 e. The van der Waals surface area contributed by atoms with Crippen molar-refractivity contribution < 1.29 is 4.79 Å². The summed E-state index contributed by atoms with van der Waals surface area (Å²) in [7, 11) is 0. The molecule has 2 aromatic rings. The summed E-state index contributed by atoms with van der Waals surface area (Å²) in [5.74, 6) is 0.793. The summed E-state index contributed by atoms with van der Waals surface area (Å²) >= 11 is 1.32. The van der Waals surface area contributed by atoms with Gasteiger partial charge in [-0.25, -0.2) is 4.98 Å². The van der Waals surface area contributed by atoms with Gasteiger partial charge in [0.1, 0.15) is 11.5 Å². The fraction of sp³-hybridized carbons (Fsp3) is 0.333. The molecule has 0 bridgehead atoms. The molecule has 0 aliphatic carbocycles. The lowest BCUT2D eigenvalue weighted by Gasteiger charge is -1.99. The Morgan fingerprint density at radius 2 is 2.40 bits per heavy atom. The molecule has 0 fully saturated rings. The molecule has 15 heavy (non-hydrogen) atoms. The van der Waals surface area contributed by atoms with Crippen molar-refractivity contribution in [3.63, 3.8) is 0 Å². The Balaban J connectivity index is 2.25. The molecule has 2 aromatic heterocycles. The summed E-state index contributed by atoms with van der Waals surface area (Å²) in [5.41, 5.74) is 1.38. The van der Waals surface area contributed by atoms with Crippen LogP contribution in [0.15, 0.2) is 11.6 Å². The molecular weight excluding hydrogens is 212 g/mol. The first-order valence-electron chi connectivity index (χ1n) is 4.47. The van der Waals surface area contributed by atoms with Crippen LogP contribution in [0.4, 0.5) is 0 Å². The van der Waals surface area contributed by atoms with E-state index in [1.807, 2.05) is 16.9 Å². The average Bonchev–Trinajstić information content (AvgIpc) is 2.77. The molecule has 0 aliphatic heterocycles.